The zero-order valence-electron chi connectivity index (χ0n) is 11.0. The summed E-state index contributed by atoms with van der Waals surface area (Å²) in [6, 6.07) is 3.43. The number of benzene rings is 1. The molecule has 1 heterocycles. The van der Waals surface area contributed by atoms with Crippen molar-refractivity contribution in [1.29, 1.82) is 0 Å². The maximum Gasteiger partial charge on any atom is 0.128 e. The molecule has 0 amide bonds. The van der Waals surface area contributed by atoms with Crippen molar-refractivity contribution in [3.05, 3.63) is 35.4 Å². The Kier molecular flexibility index (Phi) is 5.69. The lowest BCUT2D eigenvalue weighted by atomic mass is 10.2. The Morgan fingerprint density at radius 2 is 2.00 bits per heavy atom. The Bertz CT molecular complexity index is 395. The van der Waals surface area contributed by atoms with Crippen molar-refractivity contribution in [2.24, 2.45) is 0 Å². The summed E-state index contributed by atoms with van der Waals surface area (Å²) in [6.45, 7) is 5.90. The van der Waals surface area contributed by atoms with Crippen molar-refractivity contribution in [3.63, 3.8) is 0 Å². The first-order valence-electron chi connectivity index (χ1n) is 6.70. The van der Waals surface area contributed by atoms with Gasteiger partial charge in [0.25, 0.3) is 0 Å². The predicted molar refractivity (Wildman–Crippen MR) is 69.9 cm³/mol. The summed E-state index contributed by atoms with van der Waals surface area (Å²) in [5.41, 5.74) is 0.280. The highest BCUT2D eigenvalue weighted by Crippen LogP contribution is 2.10. The SMILES string of the molecule is Fc1ccc(F)c(COCCCN2CCNCC2)c1. The average molecular weight is 270 g/mol. The molecule has 1 aliphatic rings. The third-order valence-corrected chi connectivity index (χ3v) is 3.24. The van der Waals surface area contributed by atoms with Crippen molar-refractivity contribution in [3.8, 4) is 0 Å². The van der Waals surface area contributed by atoms with Crippen molar-refractivity contribution in [2.45, 2.75) is 13.0 Å². The van der Waals surface area contributed by atoms with Crippen LogP contribution in [0.4, 0.5) is 8.78 Å². The van der Waals surface area contributed by atoms with Gasteiger partial charge in [0.15, 0.2) is 0 Å². The molecule has 1 aromatic carbocycles. The fourth-order valence-electron chi connectivity index (χ4n) is 2.16. The Labute approximate surface area is 112 Å². The van der Waals surface area contributed by atoms with E-state index in [4.69, 9.17) is 4.74 Å². The van der Waals surface area contributed by atoms with E-state index in [-0.39, 0.29) is 12.2 Å². The number of rotatable bonds is 6. The van der Waals surface area contributed by atoms with Crippen molar-refractivity contribution >= 4 is 0 Å². The minimum Gasteiger partial charge on any atom is -0.377 e. The monoisotopic (exact) mass is 270 g/mol. The lowest BCUT2D eigenvalue weighted by Crippen LogP contribution is -2.43. The van der Waals surface area contributed by atoms with Crippen LogP contribution in [0, 0.1) is 11.6 Å². The minimum absolute atomic E-state index is 0.130. The van der Waals surface area contributed by atoms with Crippen LogP contribution in [-0.4, -0.2) is 44.2 Å². The second-order valence-electron chi connectivity index (χ2n) is 4.73. The number of ether oxygens (including phenoxy) is 1. The lowest BCUT2D eigenvalue weighted by molar-refractivity contribution is 0.104. The van der Waals surface area contributed by atoms with E-state index in [1.54, 1.807) is 0 Å². The van der Waals surface area contributed by atoms with Gasteiger partial charge in [0.05, 0.1) is 6.61 Å². The van der Waals surface area contributed by atoms with Crippen molar-refractivity contribution in [2.75, 3.05) is 39.3 Å². The largest absolute Gasteiger partial charge is 0.377 e. The Hall–Kier alpha value is -1.04. The van der Waals surface area contributed by atoms with Crippen LogP contribution in [0.5, 0.6) is 0 Å². The van der Waals surface area contributed by atoms with Gasteiger partial charge in [-0.05, 0) is 24.6 Å². The minimum atomic E-state index is -0.430. The molecule has 106 valence electrons. The highest BCUT2D eigenvalue weighted by Gasteiger charge is 2.08. The molecule has 0 atom stereocenters. The van der Waals surface area contributed by atoms with Gasteiger partial charge < -0.3 is 15.0 Å². The van der Waals surface area contributed by atoms with Gasteiger partial charge in [-0.15, -0.1) is 0 Å². The molecule has 1 N–H and O–H groups in total. The molecule has 0 bridgehead atoms. The average Bonchev–Trinajstić information content (AvgIpc) is 2.43. The number of piperazine rings is 1. The second-order valence-corrected chi connectivity index (χ2v) is 4.73. The normalized spacial score (nSPS) is 16.7. The summed E-state index contributed by atoms with van der Waals surface area (Å²) < 4.78 is 31.6. The molecule has 0 saturated carbocycles. The standard InChI is InChI=1S/C14H20F2N2O/c15-13-2-3-14(16)12(10-13)11-19-9-1-6-18-7-4-17-5-8-18/h2-3,10,17H,1,4-9,11H2. The summed E-state index contributed by atoms with van der Waals surface area (Å²) in [4.78, 5) is 2.38. The first kappa shape index (κ1) is 14.4. The van der Waals surface area contributed by atoms with Gasteiger partial charge in [-0.25, -0.2) is 8.78 Å². The van der Waals surface area contributed by atoms with E-state index in [0.29, 0.717) is 6.61 Å². The Morgan fingerprint density at radius 3 is 2.79 bits per heavy atom. The molecular weight excluding hydrogens is 250 g/mol. The van der Waals surface area contributed by atoms with E-state index in [1.165, 1.54) is 6.07 Å². The summed E-state index contributed by atoms with van der Waals surface area (Å²) in [5, 5.41) is 3.30. The van der Waals surface area contributed by atoms with Gasteiger partial charge in [-0.3, -0.25) is 0 Å². The topological polar surface area (TPSA) is 24.5 Å². The summed E-state index contributed by atoms with van der Waals surface area (Å²) >= 11 is 0. The maximum atomic E-state index is 13.3. The fourth-order valence-corrected chi connectivity index (χ4v) is 2.16. The molecule has 1 saturated heterocycles. The van der Waals surface area contributed by atoms with Gasteiger partial charge in [0, 0.05) is 44.9 Å². The van der Waals surface area contributed by atoms with Gasteiger partial charge in [-0.1, -0.05) is 0 Å². The van der Waals surface area contributed by atoms with Crippen LogP contribution in [0.2, 0.25) is 0 Å². The van der Waals surface area contributed by atoms with Crippen LogP contribution in [0.1, 0.15) is 12.0 Å². The van der Waals surface area contributed by atoms with E-state index in [0.717, 1.165) is 51.3 Å². The smallest absolute Gasteiger partial charge is 0.128 e. The van der Waals surface area contributed by atoms with Crippen LogP contribution in [0.3, 0.4) is 0 Å². The molecular formula is C14H20F2N2O. The van der Waals surface area contributed by atoms with E-state index < -0.39 is 11.6 Å². The highest BCUT2D eigenvalue weighted by atomic mass is 19.1. The first-order chi connectivity index (χ1) is 9.25. The van der Waals surface area contributed by atoms with E-state index in [9.17, 15) is 8.78 Å². The lowest BCUT2D eigenvalue weighted by Gasteiger charge is -2.26. The molecule has 1 aliphatic heterocycles. The van der Waals surface area contributed by atoms with E-state index >= 15 is 0 Å². The quantitative estimate of drug-likeness (QED) is 0.797. The van der Waals surface area contributed by atoms with Crippen LogP contribution < -0.4 is 5.32 Å². The summed E-state index contributed by atoms with van der Waals surface area (Å²) in [7, 11) is 0. The zero-order chi connectivity index (χ0) is 13.5. The van der Waals surface area contributed by atoms with E-state index in [2.05, 4.69) is 10.2 Å². The molecule has 5 heteroatoms. The number of nitrogens with one attached hydrogen (secondary N) is 1. The van der Waals surface area contributed by atoms with Gasteiger partial charge >= 0.3 is 0 Å². The molecule has 0 spiro atoms. The summed E-state index contributed by atoms with van der Waals surface area (Å²) in [6.07, 6.45) is 0.914. The third kappa shape index (κ3) is 4.86. The molecule has 0 aromatic heterocycles. The van der Waals surface area contributed by atoms with Gasteiger partial charge in [0.1, 0.15) is 11.6 Å². The molecule has 3 nitrogen and oxygen atoms in total. The van der Waals surface area contributed by atoms with E-state index in [1.807, 2.05) is 0 Å². The molecule has 1 aromatic rings. The first-order valence-corrected chi connectivity index (χ1v) is 6.70. The van der Waals surface area contributed by atoms with Crippen LogP contribution in [0.15, 0.2) is 18.2 Å². The van der Waals surface area contributed by atoms with Crippen molar-refractivity contribution < 1.29 is 13.5 Å². The van der Waals surface area contributed by atoms with Gasteiger partial charge in [-0.2, -0.15) is 0 Å². The molecule has 0 unspecified atom stereocenters. The summed E-state index contributed by atoms with van der Waals surface area (Å²) in [5.74, 6) is -0.843. The fraction of sp³-hybridized carbons (Fsp3) is 0.571. The molecule has 19 heavy (non-hydrogen) atoms. The van der Waals surface area contributed by atoms with Crippen LogP contribution in [-0.2, 0) is 11.3 Å². The van der Waals surface area contributed by atoms with Crippen LogP contribution in [0.25, 0.3) is 0 Å². The zero-order valence-corrected chi connectivity index (χ0v) is 11.0. The number of hydrogen-bond acceptors (Lipinski definition) is 3. The van der Waals surface area contributed by atoms with Crippen molar-refractivity contribution in [1.82, 2.24) is 10.2 Å². The number of halogens is 2. The Morgan fingerprint density at radius 1 is 1.21 bits per heavy atom. The van der Waals surface area contributed by atoms with Gasteiger partial charge in [0.2, 0.25) is 0 Å². The maximum absolute atomic E-state index is 13.3. The highest BCUT2D eigenvalue weighted by molar-refractivity contribution is 5.17. The molecule has 0 aliphatic carbocycles. The number of hydrogen-bond donors (Lipinski definition) is 1. The molecule has 0 radical (unpaired) electrons. The molecule has 2 rings (SSSR count). The molecule has 1 fully saturated rings. The Balaban J connectivity index is 1.62. The third-order valence-electron chi connectivity index (χ3n) is 3.24. The number of nitrogens with zero attached hydrogens (tertiary/aromatic N) is 1. The second kappa shape index (κ2) is 7.53. The van der Waals surface area contributed by atoms with Crippen LogP contribution >= 0.6 is 0 Å². The predicted octanol–water partition coefficient (Wildman–Crippen LogP) is 1.78.